The van der Waals surface area contributed by atoms with Crippen molar-refractivity contribution in [1.29, 1.82) is 0 Å². The first-order chi connectivity index (χ1) is 9.06. The topological polar surface area (TPSA) is 37.4 Å². The lowest BCUT2D eigenvalue weighted by atomic mass is 10.1. The zero-order valence-electron chi connectivity index (χ0n) is 12.6. The maximum absolute atomic E-state index is 5.76. The lowest BCUT2D eigenvalue weighted by molar-refractivity contribution is 0.0299. The summed E-state index contributed by atoms with van der Waals surface area (Å²) in [6, 6.07) is 0.823. The van der Waals surface area contributed by atoms with Gasteiger partial charge in [0.25, 0.3) is 0 Å². The highest BCUT2D eigenvalue weighted by Gasteiger charge is 2.28. The zero-order chi connectivity index (χ0) is 14.0. The second-order valence-corrected chi connectivity index (χ2v) is 6.32. The molecule has 5 heteroatoms. The van der Waals surface area contributed by atoms with Crippen molar-refractivity contribution >= 4 is 16.5 Å². The fourth-order valence-corrected chi connectivity index (χ4v) is 3.67. The minimum atomic E-state index is 0.289. The van der Waals surface area contributed by atoms with E-state index in [2.05, 4.69) is 37.9 Å². The number of hydrogen-bond donors (Lipinski definition) is 1. The van der Waals surface area contributed by atoms with Crippen LogP contribution in [0.4, 0.5) is 5.13 Å². The van der Waals surface area contributed by atoms with E-state index in [9.17, 15) is 0 Å². The summed E-state index contributed by atoms with van der Waals surface area (Å²) in [5.74, 6) is 0. The van der Waals surface area contributed by atoms with Crippen molar-refractivity contribution in [3.8, 4) is 0 Å². The quantitative estimate of drug-likeness (QED) is 0.922. The van der Waals surface area contributed by atoms with E-state index in [0.29, 0.717) is 12.1 Å². The summed E-state index contributed by atoms with van der Waals surface area (Å²) in [4.78, 5) is 8.55. The highest BCUT2D eigenvalue weighted by molar-refractivity contribution is 7.15. The van der Waals surface area contributed by atoms with Gasteiger partial charge in [0.15, 0.2) is 5.13 Å². The number of anilines is 1. The van der Waals surface area contributed by atoms with Gasteiger partial charge in [-0.05, 0) is 34.2 Å². The van der Waals surface area contributed by atoms with Gasteiger partial charge in [-0.25, -0.2) is 4.98 Å². The van der Waals surface area contributed by atoms with Gasteiger partial charge in [-0.3, -0.25) is 0 Å². The van der Waals surface area contributed by atoms with Crippen LogP contribution in [0.1, 0.15) is 43.8 Å². The number of thiazole rings is 1. The van der Waals surface area contributed by atoms with E-state index >= 15 is 0 Å². The molecule has 0 aromatic carbocycles. The van der Waals surface area contributed by atoms with E-state index in [4.69, 9.17) is 9.72 Å². The van der Waals surface area contributed by atoms with Crippen LogP contribution in [-0.4, -0.2) is 37.3 Å². The molecule has 3 unspecified atom stereocenters. The average molecular weight is 283 g/mol. The molecule has 108 valence electrons. The molecule has 0 spiro atoms. The second kappa shape index (κ2) is 6.20. The molecule has 4 nitrogen and oxygen atoms in total. The van der Waals surface area contributed by atoms with Crippen molar-refractivity contribution in [2.75, 3.05) is 25.1 Å². The highest BCUT2D eigenvalue weighted by atomic mass is 32.1. The van der Waals surface area contributed by atoms with Crippen LogP contribution in [0.3, 0.4) is 0 Å². The van der Waals surface area contributed by atoms with E-state index in [-0.39, 0.29) is 6.10 Å². The lowest BCUT2D eigenvalue weighted by Gasteiger charge is -2.38. The maximum Gasteiger partial charge on any atom is 0.186 e. The van der Waals surface area contributed by atoms with Crippen LogP contribution in [0, 0.1) is 6.92 Å². The third kappa shape index (κ3) is 3.09. The molecule has 0 bridgehead atoms. The lowest BCUT2D eigenvalue weighted by Crippen LogP contribution is -2.48. The highest BCUT2D eigenvalue weighted by Crippen LogP contribution is 2.33. The smallest absolute Gasteiger partial charge is 0.186 e. The Bertz CT molecular complexity index is 421. The Hall–Kier alpha value is -0.650. The van der Waals surface area contributed by atoms with Crippen LogP contribution in [-0.2, 0) is 4.74 Å². The van der Waals surface area contributed by atoms with Gasteiger partial charge in [0.05, 0.1) is 24.4 Å². The number of aryl methyl sites for hydroxylation is 1. The fourth-order valence-electron chi connectivity index (χ4n) is 2.47. The SMILES string of the molecule is CCC1COC(C)CN1c1nc(C)c(C(C)NC)s1. The summed E-state index contributed by atoms with van der Waals surface area (Å²) in [6.45, 7) is 10.4. The van der Waals surface area contributed by atoms with E-state index in [1.54, 1.807) is 0 Å². The van der Waals surface area contributed by atoms with E-state index in [1.807, 2.05) is 18.4 Å². The molecule has 2 rings (SSSR count). The van der Waals surface area contributed by atoms with Crippen LogP contribution in [0.2, 0.25) is 0 Å². The molecule has 1 aromatic rings. The first-order valence-electron chi connectivity index (χ1n) is 7.09. The molecule has 1 N–H and O–H groups in total. The normalized spacial score (nSPS) is 25.6. The molecule has 19 heavy (non-hydrogen) atoms. The van der Waals surface area contributed by atoms with Crippen molar-refractivity contribution < 1.29 is 4.74 Å². The summed E-state index contributed by atoms with van der Waals surface area (Å²) in [5.41, 5.74) is 1.15. The molecule has 1 saturated heterocycles. The minimum Gasteiger partial charge on any atom is -0.375 e. The van der Waals surface area contributed by atoms with Crippen LogP contribution in [0.15, 0.2) is 0 Å². The standard InChI is InChI=1S/C14H25N3OS/c1-6-12-8-18-9(2)7-17(12)14-16-11(4)13(19-14)10(3)15-5/h9-10,12,15H,6-8H2,1-5H3. The van der Waals surface area contributed by atoms with Crippen LogP contribution in [0.5, 0.6) is 0 Å². The average Bonchev–Trinajstić information content (AvgIpc) is 2.79. The molecular formula is C14H25N3OS. The molecule has 1 fully saturated rings. The number of nitrogens with one attached hydrogen (secondary N) is 1. The molecule has 0 aliphatic carbocycles. The largest absolute Gasteiger partial charge is 0.375 e. The number of aromatic nitrogens is 1. The van der Waals surface area contributed by atoms with Crippen molar-refractivity contribution in [2.45, 2.75) is 52.3 Å². The van der Waals surface area contributed by atoms with Crippen LogP contribution in [0.25, 0.3) is 0 Å². The first kappa shape index (κ1) is 14.8. The van der Waals surface area contributed by atoms with Crippen LogP contribution >= 0.6 is 11.3 Å². The molecule has 0 amide bonds. The summed E-state index contributed by atoms with van der Waals surface area (Å²) in [5, 5.41) is 4.45. The molecule has 2 heterocycles. The molecule has 0 saturated carbocycles. The second-order valence-electron chi connectivity index (χ2n) is 5.31. The van der Waals surface area contributed by atoms with Gasteiger partial charge in [0.1, 0.15) is 0 Å². The van der Waals surface area contributed by atoms with Gasteiger partial charge in [-0.15, -0.1) is 11.3 Å². The fraction of sp³-hybridized carbons (Fsp3) is 0.786. The molecule has 1 aliphatic rings. The van der Waals surface area contributed by atoms with Crippen molar-refractivity contribution in [3.05, 3.63) is 10.6 Å². The number of nitrogens with zero attached hydrogens (tertiary/aromatic N) is 2. The predicted octanol–water partition coefficient (Wildman–Crippen LogP) is 2.74. The maximum atomic E-state index is 5.76. The number of rotatable bonds is 4. The Labute approximate surface area is 120 Å². The van der Waals surface area contributed by atoms with Gasteiger partial charge in [-0.2, -0.15) is 0 Å². The number of morpholine rings is 1. The monoisotopic (exact) mass is 283 g/mol. The number of ether oxygens (including phenoxy) is 1. The minimum absolute atomic E-state index is 0.289. The van der Waals surface area contributed by atoms with Gasteiger partial charge >= 0.3 is 0 Å². The van der Waals surface area contributed by atoms with Gasteiger partial charge in [0, 0.05) is 17.5 Å². The molecule has 3 atom stereocenters. The summed E-state index contributed by atoms with van der Waals surface area (Å²) in [6.07, 6.45) is 1.39. The van der Waals surface area contributed by atoms with E-state index in [1.165, 1.54) is 4.88 Å². The predicted molar refractivity (Wildman–Crippen MR) is 81.2 cm³/mol. The first-order valence-corrected chi connectivity index (χ1v) is 7.91. The molecule has 1 aliphatic heterocycles. The van der Waals surface area contributed by atoms with Gasteiger partial charge in [0.2, 0.25) is 0 Å². The molecular weight excluding hydrogens is 258 g/mol. The van der Waals surface area contributed by atoms with Crippen molar-refractivity contribution in [1.82, 2.24) is 10.3 Å². The van der Waals surface area contributed by atoms with Crippen LogP contribution < -0.4 is 10.2 Å². The Morgan fingerprint density at radius 1 is 1.58 bits per heavy atom. The summed E-state index contributed by atoms with van der Waals surface area (Å²) < 4.78 is 5.76. The summed E-state index contributed by atoms with van der Waals surface area (Å²) in [7, 11) is 2.00. The Kier molecular flexibility index (Phi) is 4.81. The Morgan fingerprint density at radius 3 is 2.95 bits per heavy atom. The Balaban J connectivity index is 2.24. The molecule has 0 radical (unpaired) electrons. The van der Waals surface area contributed by atoms with Gasteiger partial charge < -0.3 is 15.0 Å². The Morgan fingerprint density at radius 2 is 2.32 bits per heavy atom. The van der Waals surface area contributed by atoms with Gasteiger partial charge in [-0.1, -0.05) is 6.92 Å². The van der Waals surface area contributed by atoms with E-state index in [0.717, 1.165) is 30.4 Å². The third-order valence-corrected chi connectivity index (χ3v) is 5.21. The number of hydrogen-bond acceptors (Lipinski definition) is 5. The van der Waals surface area contributed by atoms with Crippen molar-refractivity contribution in [3.63, 3.8) is 0 Å². The zero-order valence-corrected chi connectivity index (χ0v) is 13.4. The third-order valence-electron chi connectivity index (χ3n) is 3.83. The molecule has 1 aromatic heterocycles. The van der Waals surface area contributed by atoms with E-state index < -0.39 is 0 Å². The summed E-state index contributed by atoms with van der Waals surface area (Å²) >= 11 is 1.82. The van der Waals surface area contributed by atoms with Crippen molar-refractivity contribution in [2.24, 2.45) is 0 Å².